The molecule has 1 amide bonds. The first kappa shape index (κ1) is 14.4. The predicted molar refractivity (Wildman–Crippen MR) is 70.7 cm³/mol. The van der Waals surface area contributed by atoms with Gasteiger partial charge < -0.3 is 10.1 Å². The van der Waals surface area contributed by atoms with Gasteiger partial charge in [0.25, 0.3) is 0 Å². The molecule has 0 aliphatic rings. The van der Waals surface area contributed by atoms with Crippen LogP contribution in [0.25, 0.3) is 0 Å². The molecule has 0 aliphatic carbocycles. The Hall–Kier alpha value is -1.68. The minimum Gasteiger partial charge on any atom is -0.384 e. The summed E-state index contributed by atoms with van der Waals surface area (Å²) in [5.74, 6) is -0.0106. The highest BCUT2D eigenvalue weighted by Gasteiger charge is 2.12. The van der Waals surface area contributed by atoms with Gasteiger partial charge in [0.05, 0.1) is 5.69 Å². The van der Waals surface area contributed by atoms with Crippen LogP contribution < -0.4 is 5.32 Å². The normalized spacial score (nSPS) is 11.9. The SMILES string of the molecule is COCC(C)CC(=O)Nc1ccccc1C(C)=O. The summed E-state index contributed by atoms with van der Waals surface area (Å²) < 4.78 is 4.98. The van der Waals surface area contributed by atoms with Crippen molar-refractivity contribution in [2.24, 2.45) is 5.92 Å². The second kappa shape index (κ2) is 6.91. The molecule has 98 valence electrons. The minimum atomic E-state index is -0.103. The van der Waals surface area contributed by atoms with E-state index in [4.69, 9.17) is 4.74 Å². The Balaban J connectivity index is 2.67. The number of anilines is 1. The predicted octanol–water partition coefficient (Wildman–Crippen LogP) is 2.50. The number of para-hydroxylation sites is 1. The van der Waals surface area contributed by atoms with Gasteiger partial charge in [0.1, 0.15) is 0 Å². The summed E-state index contributed by atoms with van der Waals surface area (Å²) in [5.41, 5.74) is 1.10. The molecule has 0 radical (unpaired) electrons. The molecule has 0 spiro atoms. The molecule has 0 aromatic heterocycles. The Morgan fingerprint density at radius 2 is 2.00 bits per heavy atom. The van der Waals surface area contributed by atoms with Crippen LogP contribution in [0.2, 0.25) is 0 Å². The van der Waals surface area contributed by atoms with Crippen LogP contribution >= 0.6 is 0 Å². The molecule has 1 atom stereocenters. The molecule has 4 heteroatoms. The molecule has 0 bridgehead atoms. The van der Waals surface area contributed by atoms with Crippen LogP contribution in [0.5, 0.6) is 0 Å². The average molecular weight is 249 g/mol. The van der Waals surface area contributed by atoms with Crippen LogP contribution in [0.15, 0.2) is 24.3 Å². The number of carbonyl (C=O) groups is 2. The fourth-order valence-corrected chi connectivity index (χ4v) is 1.76. The Labute approximate surface area is 107 Å². The lowest BCUT2D eigenvalue weighted by Crippen LogP contribution is -2.18. The highest BCUT2D eigenvalue weighted by molar-refractivity contribution is 6.03. The van der Waals surface area contributed by atoms with Gasteiger partial charge in [0.15, 0.2) is 5.78 Å². The van der Waals surface area contributed by atoms with Gasteiger partial charge in [0.2, 0.25) is 5.91 Å². The van der Waals surface area contributed by atoms with Crippen LogP contribution in [-0.2, 0) is 9.53 Å². The van der Waals surface area contributed by atoms with E-state index in [0.29, 0.717) is 24.3 Å². The van der Waals surface area contributed by atoms with E-state index >= 15 is 0 Å². The number of ether oxygens (including phenoxy) is 1. The third-order valence-electron chi connectivity index (χ3n) is 2.57. The van der Waals surface area contributed by atoms with E-state index in [9.17, 15) is 9.59 Å². The molecule has 0 fully saturated rings. The summed E-state index contributed by atoms with van der Waals surface area (Å²) in [6, 6.07) is 7.01. The van der Waals surface area contributed by atoms with Crippen LogP contribution in [0.4, 0.5) is 5.69 Å². The topological polar surface area (TPSA) is 55.4 Å². The van der Waals surface area contributed by atoms with E-state index in [1.165, 1.54) is 6.92 Å². The van der Waals surface area contributed by atoms with Gasteiger partial charge in [-0.25, -0.2) is 0 Å². The molecule has 1 aromatic carbocycles. The molecule has 0 heterocycles. The summed E-state index contributed by atoms with van der Waals surface area (Å²) in [4.78, 5) is 23.2. The van der Waals surface area contributed by atoms with Gasteiger partial charge in [-0.3, -0.25) is 9.59 Å². The molecule has 0 aliphatic heterocycles. The molecule has 1 unspecified atom stereocenters. The molecule has 0 saturated carbocycles. The van der Waals surface area contributed by atoms with Crippen molar-refractivity contribution < 1.29 is 14.3 Å². The third kappa shape index (κ3) is 4.30. The summed E-state index contributed by atoms with van der Waals surface area (Å²) in [6.45, 7) is 3.97. The lowest BCUT2D eigenvalue weighted by Gasteiger charge is -2.12. The highest BCUT2D eigenvalue weighted by atomic mass is 16.5. The molecular formula is C14H19NO3. The van der Waals surface area contributed by atoms with E-state index in [1.807, 2.05) is 6.92 Å². The fraction of sp³-hybridized carbons (Fsp3) is 0.429. The van der Waals surface area contributed by atoms with E-state index in [2.05, 4.69) is 5.32 Å². The summed E-state index contributed by atoms with van der Waals surface area (Å²) in [5, 5.41) is 2.77. The maximum absolute atomic E-state index is 11.8. The Bertz CT molecular complexity index is 429. The van der Waals surface area contributed by atoms with E-state index < -0.39 is 0 Å². The highest BCUT2D eigenvalue weighted by Crippen LogP contribution is 2.16. The fourth-order valence-electron chi connectivity index (χ4n) is 1.76. The smallest absolute Gasteiger partial charge is 0.224 e. The molecule has 1 N–H and O–H groups in total. The van der Waals surface area contributed by atoms with E-state index in [0.717, 1.165) is 0 Å². The molecule has 1 aromatic rings. The largest absolute Gasteiger partial charge is 0.384 e. The van der Waals surface area contributed by atoms with Gasteiger partial charge in [-0.05, 0) is 25.0 Å². The van der Waals surface area contributed by atoms with Crippen LogP contribution in [0.1, 0.15) is 30.6 Å². The van der Waals surface area contributed by atoms with Crippen molar-refractivity contribution in [1.82, 2.24) is 0 Å². The first-order valence-corrected chi connectivity index (χ1v) is 5.93. The Morgan fingerprint density at radius 3 is 2.61 bits per heavy atom. The molecule has 1 rings (SSSR count). The monoisotopic (exact) mass is 249 g/mol. The number of ketones is 1. The number of methoxy groups -OCH3 is 1. The van der Waals surface area contributed by atoms with Crippen molar-refractivity contribution in [3.8, 4) is 0 Å². The standard InChI is InChI=1S/C14H19NO3/c1-10(9-18-3)8-14(17)15-13-7-5-4-6-12(13)11(2)16/h4-7,10H,8-9H2,1-3H3,(H,15,17). The van der Waals surface area contributed by atoms with Gasteiger partial charge in [-0.15, -0.1) is 0 Å². The maximum Gasteiger partial charge on any atom is 0.224 e. The first-order valence-electron chi connectivity index (χ1n) is 5.93. The second-order valence-corrected chi connectivity index (χ2v) is 4.41. The number of benzene rings is 1. The third-order valence-corrected chi connectivity index (χ3v) is 2.57. The minimum absolute atomic E-state index is 0.0594. The van der Waals surface area contributed by atoms with Gasteiger partial charge in [0, 0.05) is 25.7 Å². The van der Waals surface area contributed by atoms with Crippen molar-refractivity contribution >= 4 is 17.4 Å². The zero-order chi connectivity index (χ0) is 13.5. The number of rotatable bonds is 6. The number of nitrogens with one attached hydrogen (secondary N) is 1. The Kier molecular flexibility index (Phi) is 5.52. The lowest BCUT2D eigenvalue weighted by molar-refractivity contribution is -0.117. The van der Waals surface area contributed by atoms with E-state index in [1.54, 1.807) is 31.4 Å². The van der Waals surface area contributed by atoms with E-state index in [-0.39, 0.29) is 17.6 Å². The van der Waals surface area contributed by atoms with Crippen molar-refractivity contribution in [1.29, 1.82) is 0 Å². The van der Waals surface area contributed by atoms with Crippen molar-refractivity contribution in [2.75, 3.05) is 19.0 Å². The number of amides is 1. The number of Topliss-reactive ketones (excluding diaryl/α,β-unsaturated/α-hetero) is 1. The van der Waals surface area contributed by atoms with Crippen molar-refractivity contribution in [3.63, 3.8) is 0 Å². The summed E-state index contributed by atoms with van der Waals surface area (Å²) in [7, 11) is 1.61. The molecular weight excluding hydrogens is 230 g/mol. The maximum atomic E-state index is 11.8. The van der Waals surface area contributed by atoms with Gasteiger partial charge >= 0.3 is 0 Å². The zero-order valence-electron chi connectivity index (χ0n) is 11.0. The quantitative estimate of drug-likeness (QED) is 0.788. The zero-order valence-corrected chi connectivity index (χ0v) is 11.0. The van der Waals surface area contributed by atoms with Crippen molar-refractivity contribution in [3.05, 3.63) is 29.8 Å². The second-order valence-electron chi connectivity index (χ2n) is 4.41. The number of hydrogen-bond acceptors (Lipinski definition) is 3. The van der Waals surface area contributed by atoms with Crippen LogP contribution in [0, 0.1) is 5.92 Å². The number of carbonyl (C=O) groups excluding carboxylic acids is 2. The average Bonchev–Trinajstić information content (AvgIpc) is 2.29. The first-order chi connectivity index (χ1) is 8.54. The molecule has 18 heavy (non-hydrogen) atoms. The van der Waals surface area contributed by atoms with Gasteiger partial charge in [-0.2, -0.15) is 0 Å². The van der Waals surface area contributed by atoms with Crippen LogP contribution in [-0.4, -0.2) is 25.4 Å². The van der Waals surface area contributed by atoms with Gasteiger partial charge in [-0.1, -0.05) is 19.1 Å². The molecule has 4 nitrogen and oxygen atoms in total. The number of hydrogen-bond donors (Lipinski definition) is 1. The summed E-state index contributed by atoms with van der Waals surface area (Å²) >= 11 is 0. The Morgan fingerprint density at radius 1 is 1.33 bits per heavy atom. The summed E-state index contributed by atoms with van der Waals surface area (Å²) in [6.07, 6.45) is 0.375. The lowest BCUT2D eigenvalue weighted by atomic mass is 10.1. The van der Waals surface area contributed by atoms with Crippen molar-refractivity contribution in [2.45, 2.75) is 20.3 Å². The van der Waals surface area contributed by atoms with Crippen LogP contribution in [0.3, 0.4) is 0 Å². The molecule has 0 saturated heterocycles.